The third kappa shape index (κ3) is 5.82. The summed E-state index contributed by atoms with van der Waals surface area (Å²) in [6.07, 6.45) is 0. The molecule has 0 saturated carbocycles. The number of hydrogen-bond donors (Lipinski definition) is 0. The molecule has 1 aliphatic heterocycles. The molecular formula is C29H27N3O9. The van der Waals surface area contributed by atoms with Crippen LogP contribution in [0.5, 0.6) is 0 Å². The lowest BCUT2D eigenvalue weighted by Gasteiger charge is -2.47. The van der Waals surface area contributed by atoms with Gasteiger partial charge >= 0.3 is 11.9 Å². The Morgan fingerprint density at radius 1 is 0.780 bits per heavy atom. The van der Waals surface area contributed by atoms with Crippen LogP contribution in [0.1, 0.15) is 34.3 Å². The third-order valence-corrected chi connectivity index (χ3v) is 7.20. The quantitative estimate of drug-likeness (QED) is 0.168. The molecule has 1 aliphatic rings. The van der Waals surface area contributed by atoms with Gasteiger partial charge in [0.05, 0.1) is 36.1 Å². The lowest BCUT2D eigenvalue weighted by Crippen LogP contribution is -2.55. The molecule has 1 saturated heterocycles. The van der Waals surface area contributed by atoms with E-state index in [1.54, 1.807) is 17.0 Å². The van der Waals surface area contributed by atoms with E-state index in [4.69, 9.17) is 9.47 Å². The number of non-ortho nitro benzene ring substituents is 2. The Morgan fingerprint density at radius 2 is 1.22 bits per heavy atom. The van der Waals surface area contributed by atoms with Crippen molar-refractivity contribution < 1.29 is 33.7 Å². The summed E-state index contributed by atoms with van der Waals surface area (Å²) in [5.74, 6) is -5.83. The molecule has 4 rings (SSSR count). The Bertz CT molecular complexity index is 1420. The number of ether oxygens (including phenoxy) is 2. The first-order valence-electron chi connectivity index (χ1n) is 12.6. The van der Waals surface area contributed by atoms with E-state index in [0.717, 1.165) is 25.3 Å². The molecule has 0 spiro atoms. The van der Waals surface area contributed by atoms with Gasteiger partial charge in [-0.3, -0.25) is 39.5 Å². The standard InChI is InChI=1S/C29H27N3O9/c1-17-10-12-18(13-11-17)16-30-25(19-6-4-8-21(14-19)31(36)37)23(28(34)40-2)27(33)24(29(35)41-3)26(30)20-7-5-9-22(15-20)32(38)39/h4-15,23-26H,16H2,1-3H3/t23?,24?,25-,26+. The SMILES string of the molecule is COC(=O)C1C(=O)C(C(=O)OC)[C@H](c2cccc([N+](=O)[O-])c2)N(Cc2ccc(C)cc2)[C@@H]1c1cccc([N+](=O)[O-])c1. The predicted octanol–water partition coefficient (Wildman–Crippen LogP) is 4.26. The lowest BCUT2D eigenvalue weighted by molar-refractivity contribution is -0.385. The number of rotatable bonds is 8. The van der Waals surface area contributed by atoms with Crippen molar-refractivity contribution in [3.63, 3.8) is 0 Å². The number of hydrogen-bond acceptors (Lipinski definition) is 10. The second kappa shape index (κ2) is 12.0. The molecule has 1 fully saturated rings. The molecule has 12 heteroatoms. The van der Waals surface area contributed by atoms with Gasteiger partial charge in [0, 0.05) is 30.8 Å². The molecule has 3 aromatic rings. The van der Waals surface area contributed by atoms with Crippen LogP contribution in [-0.4, -0.2) is 46.7 Å². The van der Waals surface area contributed by atoms with Gasteiger partial charge in [0.15, 0.2) is 5.78 Å². The van der Waals surface area contributed by atoms with Crippen molar-refractivity contribution in [1.82, 2.24) is 4.90 Å². The normalized spacial score (nSPS) is 20.7. The van der Waals surface area contributed by atoms with E-state index in [2.05, 4.69) is 0 Å². The number of carbonyl (C=O) groups is 3. The van der Waals surface area contributed by atoms with Gasteiger partial charge in [-0.15, -0.1) is 0 Å². The number of nitrogens with zero attached hydrogens (tertiary/aromatic N) is 3. The molecule has 0 aromatic heterocycles. The number of carbonyl (C=O) groups excluding carboxylic acids is 3. The van der Waals surface area contributed by atoms with Crippen LogP contribution < -0.4 is 0 Å². The molecule has 1 heterocycles. The van der Waals surface area contributed by atoms with E-state index in [1.807, 2.05) is 31.2 Å². The van der Waals surface area contributed by atoms with E-state index < -0.39 is 51.5 Å². The number of ketones is 1. The molecule has 2 unspecified atom stereocenters. The van der Waals surface area contributed by atoms with Crippen LogP contribution in [0.2, 0.25) is 0 Å². The molecule has 0 amide bonds. The van der Waals surface area contributed by atoms with Gasteiger partial charge < -0.3 is 9.47 Å². The van der Waals surface area contributed by atoms with Gasteiger partial charge in [-0.2, -0.15) is 0 Å². The van der Waals surface area contributed by atoms with Crippen LogP contribution >= 0.6 is 0 Å². The molecule has 41 heavy (non-hydrogen) atoms. The zero-order valence-corrected chi connectivity index (χ0v) is 22.5. The van der Waals surface area contributed by atoms with Gasteiger partial charge in [-0.05, 0) is 23.6 Å². The maximum atomic E-state index is 14.1. The molecule has 212 valence electrons. The largest absolute Gasteiger partial charge is 0.468 e. The number of methoxy groups -OCH3 is 2. The third-order valence-electron chi connectivity index (χ3n) is 7.20. The van der Waals surface area contributed by atoms with Crippen molar-refractivity contribution in [3.8, 4) is 0 Å². The number of esters is 2. The Kier molecular flexibility index (Phi) is 8.53. The van der Waals surface area contributed by atoms with Crippen LogP contribution in [0.15, 0.2) is 72.8 Å². The lowest BCUT2D eigenvalue weighted by atomic mass is 9.72. The van der Waals surface area contributed by atoms with Crippen molar-refractivity contribution in [3.05, 3.63) is 115 Å². The number of piperidine rings is 1. The highest BCUT2D eigenvalue weighted by Gasteiger charge is 2.56. The highest BCUT2D eigenvalue weighted by molar-refractivity contribution is 6.10. The fourth-order valence-electron chi connectivity index (χ4n) is 5.32. The summed E-state index contributed by atoms with van der Waals surface area (Å²) in [5.41, 5.74) is 1.70. The van der Waals surface area contributed by atoms with Crippen LogP contribution in [0.3, 0.4) is 0 Å². The zero-order chi connectivity index (χ0) is 29.8. The summed E-state index contributed by atoms with van der Waals surface area (Å²) >= 11 is 0. The molecule has 0 aliphatic carbocycles. The number of Topliss-reactive ketones (excluding diaryl/α,β-unsaturated/α-hetero) is 1. The minimum absolute atomic E-state index is 0.0647. The molecule has 0 N–H and O–H groups in total. The molecular weight excluding hydrogens is 534 g/mol. The number of benzene rings is 3. The second-order valence-corrected chi connectivity index (χ2v) is 9.66. The highest BCUT2D eigenvalue weighted by Crippen LogP contribution is 2.48. The molecule has 0 radical (unpaired) electrons. The van der Waals surface area contributed by atoms with Crippen LogP contribution in [-0.2, 0) is 30.4 Å². The fraction of sp³-hybridized carbons (Fsp3) is 0.276. The first-order chi connectivity index (χ1) is 19.6. The van der Waals surface area contributed by atoms with E-state index in [-0.39, 0.29) is 29.0 Å². The molecule has 3 aromatic carbocycles. The van der Waals surface area contributed by atoms with Crippen LogP contribution in [0.4, 0.5) is 11.4 Å². The number of nitro benzene ring substituents is 2. The summed E-state index contributed by atoms with van der Waals surface area (Å²) < 4.78 is 9.99. The smallest absolute Gasteiger partial charge is 0.318 e. The van der Waals surface area contributed by atoms with Gasteiger partial charge in [0.1, 0.15) is 11.8 Å². The Balaban J connectivity index is 2.04. The Labute approximate surface area is 234 Å². The summed E-state index contributed by atoms with van der Waals surface area (Å²) in [5, 5.41) is 23.3. The van der Waals surface area contributed by atoms with Gasteiger partial charge in [0.25, 0.3) is 11.4 Å². The zero-order valence-electron chi connectivity index (χ0n) is 22.5. The summed E-state index contributed by atoms with van der Waals surface area (Å²) in [6.45, 7) is 1.97. The van der Waals surface area contributed by atoms with E-state index in [9.17, 15) is 34.6 Å². The first kappa shape index (κ1) is 29.0. The minimum atomic E-state index is -1.56. The van der Waals surface area contributed by atoms with Crippen LogP contribution in [0.25, 0.3) is 0 Å². The topological polar surface area (TPSA) is 159 Å². The molecule has 0 bridgehead atoms. The highest BCUT2D eigenvalue weighted by atomic mass is 16.6. The average molecular weight is 562 g/mol. The molecule has 12 nitrogen and oxygen atoms in total. The second-order valence-electron chi connectivity index (χ2n) is 9.66. The number of nitro groups is 2. The van der Waals surface area contributed by atoms with E-state index in [1.165, 1.54) is 36.4 Å². The fourth-order valence-corrected chi connectivity index (χ4v) is 5.32. The number of aryl methyl sites for hydroxylation is 1. The van der Waals surface area contributed by atoms with Crippen molar-refractivity contribution in [2.75, 3.05) is 14.2 Å². The van der Waals surface area contributed by atoms with Gasteiger partial charge in [0.2, 0.25) is 0 Å². The van der Waals surface area contributed by atoms with Crippen molar-refractivity contribution in [1.29, 1.82) is 0 Å². The maximum absolute atomic E-state index is 14.1. The van der Waals surface area contributed by atoms with Crippen molar-refractivity contribution in [2.24, 2.45) is 11.8 Å². The first-order valence-corrected chi connectivity index (χ1v) is 12.6. The van der Waals surface area contributed by atoms with E-state index >= 15 is 0 Å². The van der Waals surface area contributed by atoms with E-state index in [0.29, 0.717) is 0 Å². The van der Waals surface area contributed by atoms with Crippen LogP contribution in [0, 0.1) is 39.0 Å². The minimum Gasteiger partial charge on any atom is -0.468 e. The molecule has 4 atom stereocenters. The average Bonchev–Trinajstić information content (AvgIpc) is 2.97. The predicted molar refractivity (Wildman–Crippen MR) is 144 cm³/mol. The van der Waals surface area contributed by atoms with Crippen molar-refractivity contribution >= 4 is 29.1 Å². The van der Waals surface area contributed by atoms with Crippen molar-refractivity contribution in [2.45, 2.75) is 25.6 Å². The van der Waals surface area contributed by atoms with Gasteiger partial charge in [-0.1, -0.05) is 54.1 Å². The maximum Gasteiger partial charge on any atom is 0.318 e. The summed E-state index contributed by atoms with van der Waals surface area (Å²) in [4.78, 5) is 64.3. The summed E-state index contributed by atoms with van der Waals surface area (Å²) in [7, 11) is 2.20. The summed E-state index contributed by atoms with van der Waals surface area (Å²) in [6, 6.07) is 16.2. The number of likely N-dealkylation sites (tertiary alicyclic amines) is 1. The van der Waals surface area contributed by atoms with Gasteiger partial charge in [-0.25, -0.2) is 0 Å². The monoisotopic (exact) mass is 561 g/mol. The Morgan fingerprint density at radius 3 is 1.61 bits per heavy atom. The Hall–Kier alpha value is -4.97.